The predicted octanol–water partition coefficient (Wildman–Crippen LogP) is 0.499. The van der Waals surface area contributed by atoms with Gasteiger partial charge in [0.05, 0.1) is 0 Å². The first-order chi connectivity index (χ1) is 8.11. The summed E-state index contributed by atoms with van der Waals surface area (Å²) in [6.45, 7) is 0.489. The van der Waals surface area contributed by atoms with Crippen LogP contribution in [0.1, 0.15) is 29.9 Å². The Morgan fingerprint density at radius 3 is 2.82 bits per heavy atom. The highest BCUT2D eigenvalue weighted by Crippen LogP contribution is 2.19. The van der Waals surface area contributed by atoms with Gasteiger partial charge in [-0.2, -0.15) is 0 Å². The van der Waals surface area contributed by atoms with Gasteiger partial charge >= 0.3 is 5.97 Å². The fourth-order valence-electron chi connectivity index (χ4n) is 2.13. The van der Waals surface area contributed by atoms with Crippen molar-refractivity contribution in [3.8, 4) is 0 Å². The summed E-state index contributed by atoms with van der Waals surface area (Å²) in [5.74, 6) is -0.949. The summed E-state index contributed by atoms with van der Waals surface area (Å²) in [5.41, 5.74) is 0. The number of aliphatic carboxylic acids is 1. The summed E-state index contributed by atoms with van der Waals surface area (Å²) in [6.07, 6.45) is 5.42. The molecule has 1 aromatic rings. The molecule has 6 heteroatoms. The van der Waals surface area contributed by atoms with Gasteiger partial charge in [-0.3, -0.25) is 4.79 Å². The number of likely N-dealkylation sites (tertiary alicyclic amines) is 1. The van der Waals surface area contributed by atoms with Crippen LogP contribution in [0.25, 0.3) is 0 Å². The molecular formula is C11H15N3O3. The van der Waals surface area contributed by atoms with E-state index < -0.39 is 12.0 Å². The molecule has 6 nitrogen and oxygen atoms in total. The van der Waals surface area contributed by atoms with E-state index in [1.54, 1.807) is 17.8 Å². The number of amides is 1. The number of carbonyl (C=O) groups excluding carboxylic acids is 1. The van der Waals surface area contributed by atoms with Gasteiger partial charge in [-0.05, 0) is 19.3 Å². The average Bonchev–Trinajstić information content (AvgIpc) is 2.74. The van der Waals surface area contributed by atoms with Crippen molar-refractivity contribution in [2.45, 2.75) is 25.3 Å². The first-order valence-electron chi connectivity index (χ1n) is 5.62. The quantitative estimate of drug-likeness (QED) is 0.812. The zero-order valence-electron chi connectivity index (χ0n) is 9.67. The molecule has 0 saturated carbocycles. The van der Waals surface area contributed by atoms with Gasteiger partial charge in [0, 0.05) is 26.0 Å². The largest absolute Gasteiger partial charge is 0.480 e. The van der Waals surface area contributed by atoms with Crippen molar-refractivity contribution < 1.29 is 14.7 Å². The van der Waals surface area contributed by atoms with Crippen LogP contribution in [-0.2, 0) is 11.8 Å². The summed E-state index contributed by atoms with van der Waals surface area (Å²) in [4.78, 5) is 28.7. The molecule has 1 aliphatic heterocycles. The Balaban J connectivity index is 2.23. The number of aryl methyl sites for hydroxylation is 1. The van der Waals surface area contributed by atoms with Crippen molar-refractivity contribution in [2.75, 3.05) is 6.54 Å². The van der Waals surface area contributed by atoms with E-state index in [-0.39, 0.29) is 11.7 Å². The minimum Gasteiger partial charge on any atom is -0.480 e. The molecule has 0 radical (unpaired) electrons. The van der Waals surface area contributed by atoms with E-state index >= 15 is 0 Å². The number of aromatic nitrogens is 2. The van der Waals surface area contributed by atoms with Gasteiger partial charge in [0.15, 0.2) is 5.82 Å². The molecule has 2 heterocycles. The second-order valence-corrected chi connectivity index (χ2v) is 4.21. The molecule has 2 rings (SSSR count). The molecule has 0 aliphatic carbocycles. The second-order valence-electron chi connectivity index (χ2n) is 4.21. The van der Waals surface area contributed by atoms with E-state index in [4.69, 9.17) is 5.11 Å². The Labute approximate surface area is 98.9 Å². The van der Waals surface area contributed by atoms with Gasteiger partial charge in [0.25, 0.3) is 5.91 Å². The lowest BCUT2D eigenvalue weighted by molar-refractivity contribution is -0.143. The molecular weight excluding hydrogens is 222 g/mol. The highest BCUT2D eigenvalue weighted by Gasteiger charge is 2.33. The van der Waals surface area contributed by atoms with Gasteiger partial charge in [-0.15, -0.1) is 0 Å². The molecule has 1 amide bonds. The molecule has 1 aromatic heterocycles. The number of imidazole rings is 1. The van der Waals surface area contributed by atoms with Crippen molar-refractivity contribution in [1.82, 2.24) is 14.5 Å². The van der Waals surface area contributed by atoms with Gasteiger partial charge in [0.2, 0.25) is 0 Å². The number of carbonyl (C=O) groups is 2. The third-order valence-corrected chi connectivity index (χ3v) is 3.06. The Morgan fingerprint density at radius 2 is 2.24 bits per heavy atom. The molecule has 1 unspecified atom stereocenters. The lowest BCUT2D eigenvalue weighted by atomic mass is 10.0. The van der Waals surface area contributed by atoms with Crippen molar-refractivity contribution >= 4 is 11.9 Å². The molecule has 92 valence electrons. The van der Waals surface area contributed by atoms with Crippen molar-refractivity contribution in [3.63, 3.8) is 0 Å². The monoisotopic (exact) mass is 237 g/mol. The highest BCUT2D eigenvalue weighted by molar-refractivity contribution is 5.93. The van der Waals surface area contributed by atoms with E-state index in [1.807, 2.05) is 0 Å². The number of nitrogens with zero attached hydrogens (tertiary/aromatic N) is 3. The number of hydrogen-bond donors (Lipinski definition) is 1. The normalized spacial score (nSPS) is 20.3. The molecule has 1 atom stereocenters. The molecule has 17 heavy (non-hydrogen) atoms. The number of carboxylic acids is 1. The van der Waals surface area contributed by atoms with Crippen LogP contribution in [0.5, 0.6) is 0 Å². The van der Waals surface area contributed by atoms with Gasteiger partial charge < -0.3 is 14.6 Å². The fraction of sp³-hybridized carbons (Fsp3) is 0.545. The zero-order chi connectivity index (χ0) is 12.4. The van der Waals surface area contributed by atoms with Crippen LogP contribution in [0, 0.1) is 0 Å². The van der Waals surface area contributed by atoms with E-state index in [0.717, 1.165) is 12.8 Å². The summed E-state index contributed by atoms with van der Waals surface area (Å²) in [5, 5.41) is 9.10. The van der Waals surface area contributed by atoms with E-state index in [9.17, 15) is 9.59 Å². The van der Waals surface area contributed by atoms with E-state index in [1.165, 1.54) is 11.1 Å². The SMILES string of the molecule is Cn1ccnc1C(=O)N1CCCCC1C(=O)O. The van der Waals surface area contributed by atoms with E-state index in [2.05, 4.69) is 4.98 Å². The minimum absolute atomic E-state index is 0.290. The zero-order valence-corrected chi connectivity index (χ0v) is 9.67. The third-order valence-electron chi connectivity index (χ3n) is 3.06. The number of carboxylic acid groups (broad SMARTS) is 1. The second kappa shape index (κ2) is 4.57. The lowest BCUT2D eigenvalue weighted by Crippen LogP contribution is -2.48. The lowest BCUT2D eigenvalue weighted by Gasteiger charge is -2.32. The molecule has 1 saturated heterocycles. The van der Waals surface area contributed by atoms with Gasteiger partial charge in [-0.1, -0.05) is 0 Å². The maximum Gasteiger partial charge on any atom is 0.326 e. The van der Waals surface area contributed by atoms with Crippen LogP contribution < -0.4 is 0 Å². The van der Waals surface area contributed by atoms with Crippen molar-refractivity contribution in [2.24, 2.45) is 7.05 Å². The van der Waals surface area contributed by atoms with Crippen LogP contribution in [0.3, 0.4) is 0 Å². The average molecular weight is 237 g/mol. The number of piperidine rings is 1. The molecule has 0 bridgehead atoms. The third kappa shape index (κ3) is 2.15. The van der Waals surface area contributed by atoms with Gasteiger partial charge in [0.1, 0.15) is 6.04 Å². The molecule has 0 spiro atoms. The summed E-state index contributed by atoms with van der Waals surface area (Å²) < 4.78 is 1.61. The summed E-state index contributed by atoms with van der Waals surface area (Å²) in [6, 6.07) is -0.715. The first kappa shape index (κ1) is 11.6. The van der Waals surface area contributed by atoms with Gasteiger partial charge in [-0.25, -0.2) is 9.78 Å². The number of hydrogen-bond acceptors (Lipinski definition) is 3. The minimum atomic E-state index is -0.938. The molecule has 1 N–H and O–H groups in total. The maximum atomic E-state index is 12.2. The highest BCUT2D eigenvalue weighted by atomic mass is 16.4. The Bertz CT molecular complexity index is 441. The molecule has 1 fully saturated rings. The van der Waals surface area contributed by atoms with Crippen LogP contribution in [-0.4, -0.2) is 44.0 Å². The first-order valence-corrected chi connectivity index (χ1v) is 5.62. The number of rotatable bonds is 2. The Kier molecular flexibility index (Phi) is 3.12. The fourth-order valence-corrected chi connectivity index (χ4v) is 2.13. The summed E-state index contributed by atoms with van der Waals surface area (Å²) >= 11 is 0. The molecule has 1 aliphatic rings. The van der Waals surface area contributed by atoms with Crippen molar-refractivity contribution in [3.05, 3.63) is 18.2 Å². The van der Waals surface area contributed by atoms with Crippen LogP contribution in [0.4, 0.5) is 0 Å². The summed E-state index contributed by atoms with van der Waals surface area (Å²) in [7, 11) is 1.72. The van der Waals surface area contributed by atoms with Crippen LogP contribution in [0.2, 0.25) is 0 Å². The smallest absolute Gasteiger partial charge is 0.326 e. The maximum absolute atomic E-state index is 12.2. The van der Waals surface area contributed by atoms with Crippen LogP contribution >= 0.6 is 0 Å². The standard InChI is InChI=1S/C11H15N3O3/c1-13-7-5-12-9(13)10(15)14-6-3-2-4-8(14)11(16)17/h5,7-8H,2-4,6H2,1H3,(H,16,17). The Morgan fingerprint density at radius 1 is 1.47 bits per heavy atom. The topological polar surface area (TPSA) is 75.4 Å². The Hall–Kier alpha value is -1.85. The van der Waals surface area contributed by atoms with Crippen LogP contribution in [0.15, 0.2) is 12.4 Å². The van der Waals surface area contributed by atoms with E-state index in [0.29, 0.717) is 13.0 Å². The van der Waals surface area contributed by atoms with Crippen molar-refractivity contribution in [1.29, 1.82) is 0 Å². The molecule has 0 aromatic carbocycles. The predicted molar refractivity (Wildman–Crippen MR) is 59.5 cm³/mol.